The number of hydrogen-bond donors (Lipinski definition) is 3. The lowest BCUT2D eigenvalue weighted by Gasteiger charge is -2.34. The van der Waals surface area contributed by atoms with Crippen molar-refractivity contribution in [2.24, 2.45) is 5.92 Å². The standard InChI is InChI=1S/C20H20FNO3S.C4H6O5/c1-12(23)25-18-10-14-11-22(9-8-17(14)26-18)19(20(24)13-6-7-13)15-4-2-3-5-16(15)21;5-2(4(8)9)1-3(6)7/h2-5,10,13,19H,6-9,11H2,1H3;2,5H,1H2,(H,6,7)(H,8,9). The summed E-state index contributed by atoms with van der Waals surface area (Å²) < 4.78 is 19.6. The molecule has 1 saturated carbocycles. The molecule has 188 valence electrons. The van der Waals surface area contributed by atoms with E-state index < -0.39 is 30.5 Å². The number of esters is 1. The van der Waals surface area contributed by atoms with Crippen molar-refractivity contribution in [3.8, 4) is 5.06 Å². The molecule has 2 aromatic rings. The van der Waals surface area contributed by atoms with Crippen molar-refractivity contribution < 1.29 is 43.6 Å². The molecule has 35 heavy (non-hydrogen) atoms. The number of carbonyl (C=O) groups is 4. The van der Waals surface area contributed by atoms with Crippen molar-refractivity contribution in [2.45, 2.75) is 51.3 Å². The van der Waals surface area contributed by atoms with Crippen LogP contribution in [0.3, 0.4) is 0 Å². The number of hydrogen-bond acceptors (Lipinski definition) is 8. The molecule has 1 fully saturated rings. The molecule has 2 heterocycles. The Kier molecular flexibility index (Phi) is 8.71. The molecule has 0 saturated heterocycles. The predicted molar refractivity (Wildman–Crippen MR) is 123 cm³/mol. The first kappa shape index (κ1) is 26.5. The lowest BCUT2D eigenvalue weighted by molar-refractivity contribution is -0.152. The van der Waals surface area contributed by atoms with Gasteiger partial charge in [0.15, 0.2) is 17.0 Å². The second-order valence-corrected chi connectivity index (χ2v) is 9.48. The Bertz CT molecular complexity index is 1110. The van der Waals surface area contributed by atoms with Gasteiger partial charge in [-0.25, -0.2) is 9.18 Å². The zero-order valence-corrected chi connectivity index (χ0v) is 19.8. The Hall–Kier alpha value is -3.15. The maximum atomic E-state index is 14.4. The fraction of sp³-hybridized carbons (Fsp3) is 0.417. The number of ketones is 1. The van der Waals surface area contributed by atoms with Crippen LogP contribution in [0.1, 0.15) is 48.2 Å². The highest BCUT2D eigenvalue weighted by Gasteiger charge is 2.40. The monoisotopic (exact) mass is 507 g/mol. The van der Waals surface area contributed by atoms with Gasteiger partial charge in [-0.15, -0.1) is 11.3 Å². The third-order valence-electron chi connectivity index (χ3n) is 5.59. The number of halogens is 1. The van der Waals surface area contributed by atoms with Crippen LogP contribution < -0.4 is 4.74 Å². The van der Waals surface area contributed by atoms with Crippen LogP contribution in [0.2, 0.25) is 0 Å². The normalized spacial score (nSPS) is 16.8. The average molecular weight is 508 g/mol. The van der Waals surface area contributed by atoms with Crippen molar-refractivity contribution in [1.29, 1.82) is 0 Å². The van der Waals surface area contributed by atoms with E-state index in [-0.39, 0.29) is 23.5 Å². The van der Waals surface area contributed by atoms with Crippen LogP contribution in [-0.4, -0.2) is 56.6 Å². The van der Waals surface area contributed by atoms with Crippen molar-refractivity contribution >= 4 is 35.0 Å². The maximum Gasteiger partial charge on any atom is 0.333 e. The molecule has 2 unspecified atom stereocenters. The van der Waals surface area contributed by atoms with Crippen LogP contribution in [0.25, 0.3) is 0 Å². The van der Waals surface area contributed by atoms with Gasteiger partial charge >= 0.3 is 17.9 Å². The number of fused-ring (bicyclic) bond motifs is 1. The van der Waals surface area contributed by atoms with Gasteiger partial charge in [-0.05, 0) is 37.0 Å². The summed E-state index contributed by atoms with van der Waals surface area (Å²) in [6.45, 7) is 2.63. The molecule has 0 radical (unpaired) electrons. The Morgan fingerprint density at radius 3 is 2.43 bits per heavy atom. The molecule has 0 spiro atoms. The van der Waals surface area contributed by atoms with E-state index >= 15 is 0 Å². The first-order valence-electron chi connectivity index (χ1n) is 11.0. The van der Waals surface area contributed by atoms with Crippen LogP contribution in [0.4, 0.5) is 4.39 Å². The fourth-order valence-electron chi connectivity index (χ4n) is 3.81. The fourth-order valence-corrected chi connectivity index (χ4v) is 4.86. The van der Waals surface area contributed by atoms with E-state index in [4.69, 9.17) is 20.1 Å². The lowest BCUT2D eigenvalue weighted by atomic mass is 9.95. The number of aliphatic carboxylic acids is 2. The second-order valence-electron chi connectivity index (χ2n) is 8.38. The van der Waals surface area contributed by atoms with Gasteiger partial charge in [0.2, 0.25) is 0 Å². The summed E-state index contributed by atoms with van der Waals surface area (Å²) in [7, 11) is 0. The van der Waals surface area contributed by atoms with E-state index in [0.29, 0.717) is 23.7 Å². The van der Waals surface area contributed by atoms with E-state index in [1.165, 1.54) is 29.2 Å². The molecular formula is C24H26FNO8S. The number of Topliss-reactive ketones (excluding diaryl/α,β-unsaturated/α-hetero) is 1. The largest absolute Gasteiger partial charge is 0.481 e. The summed E-state index contributed by atoms with van der Waals surface area (Å²) in [5, 5.41) is 24.7. The molecular weight excluding hydrogens is 481 g/mol. The Balaban J connectivity index is 0.000000327. The minimum atomic E-state index is -1.79. The zero-order valence-electron chi connectivity index (χ0n) is 19.0. The Morgan fingerprint density at radius 2 is 1.89 bits per heavy atom. The quantitative estimate of drug-likeness (QED) is 0.460. The van der Waals surface area contributed by atoms with Crippen molar-refractivity contribution in [3.63, 3.8) is 0 Å². The number of rotatable bonds is 8. The summed E-state index contributed by atoms with van der Waals surface area (Å²) in [5.74, 6) is -3.34. The third kappa shape index (κ3) is 7.17. The molecule has 2 atom stereocenters. The van der Waals surface area contributed by atoms with Gasteiger partial charge in [-0.1, -0.05) is 18.2 Å². The van der Waals surface area contributed by atoms with Crippen molar-refractivity contribution in [1.82, 2.24) is 4.90 Å². The van der Waals surface area contributed by atoms with Gasteiger partial charge in [0.1, 0.15) is 5.82 Å². The SMILES string of the molecule is CC(=O)Oc1cc2c(s1)CCN(C(C(=O)C1CC1)c1ccccc1F)C2.O=C(O)CC(O)C(=O)O. The van der Waals surface area contributed by atoms with Gasteiger partial charge in [0, 0.05) is 36.4 Å². The predicted octanol–water partition coefficient (Wildman–Crippen LogP) is 2.80. The van der Waals surface area contributed by atoms with Gasteiger partial charge in [-0.3, -0.25) is 19.3 Å². The lowest BCUT2D eigenvalue weighted by Crippen LogP contribution is -2.38. The minimum absolute atomic E-state index is 0.0556. The highest BCUT2D eigenvalue weighted by Crippen LogP contribution is 2.41. The number of benzene rings is 1. The maximum absolute atomic E-state index is 14.4. The Labute approximate surface area is 204 Å². The van der Waals surface area contributed by atoms with E-state index in [1.807, 2.05) is 6.07 Å². The van der Waals surface area contributed by atoms with E-state index in [9.17, 15) is 23.6 Å². The number of aliphatic hydroxyl groups excluding tert-OH is 1. The summed E-state index contributed by atoms with van der Waals surface area (Å²) in [6.07, 6.45) is 0.0255. The van der Waals surface area contributed by atoms with Crippen molar-refractivity contribution in [2.75, 3.05) is 6.54 Å². The molecule has 11 heteroatoms. The first-order valence-corrected chi connectivity index (χ1v) is 11.8. The molecule has 3 N–H and O–H groups in total. The number of aliphatic hydroxyl groups is 1. The van der Waals surface area contributed by atoms with Crippen LogP contribution in [0, 0.1) is 11.7 Å². The second kappa shape index (κ2) is 11.5. The molecule has 9 nitrogen and oxygen atoms in total. The molecule has 1 aliphatic carbocycles. The van der Waals surface area contributed by atoms with Crippen LogP contribution in [0.15, 0.2) is 30.3 Å². The minimum Gasteiger partial charge on any atom is -0.481 e. The van der Waals surface area contributed by atoms with E-state index in [0.717, 1.165) is 24.8 Å². The first-order chi connectivity index (χ1) is 16.6. The molecule has 4 rings (SSSR count). The number of carbonyl (C=O) groups excluding carboxylic acids is 2. The molecule has 0 bridgehead atoms. The number of carboxylic acids is 2. The summed E-state index contributed by atoms with van der Waals surface area (Å²) in [4.78, 5) is 46.8. The van der Waals surface area contributed by atoms with Gasteiger partial charge < -0.3 is 20.1 Å². The van der Waals surface area contributed by atoms with Gasteiger partial charge in [0.05, 0.1) is 12.5 Å². The van der Waals surface area contributed by atoms with Crippen LogP contribution in [0.5, 0.6) is 5.06 Å². The molecule has 0 amide bonds. The topological polar surface area (TPSA) is 141 Å². The van der Waals surface area contributed by atoms with Gasteiger partial charge in [0.25, 0.3) is 0 Å². The Morgan fingerprint density at radius 1 is 1.20 bits per heavy atom. The molecule has 2 aliphatic rings. The van der Waals surface area contributed by atoms with Crippen LogP contribution in [-0.2, 0) is 32.1 Å². The van der Waals surface area contributed by atoms with Crippen LogP contribution >= 0.6 is 11.3 Å². The third-order valence-corrected chi connectivity index (χ3v) is 6.70. The number of thiophene rings is 1. The summed E-state index contributed by atoms with van der Waals surface area (Å²) in [6, 6.07) is 7.89. The zero-order chi connectivity index (χ0) is 25.7. The number of carboxylic acid groups (broad SMARTS) is 2. The van der Waals surface area contributed by atoms with Gasteiger partial charge in [-0.2, -0.15) is 0 Å². The number of nitrogens with zero attached hydrogens (tertiary/aromatic N) is 1. The molecule has 1 aromatic heterocycles. The molecule has 1 aromatic carbocycles. The molecule has 1 aliphatic heterocycles. The average Bonchev–Trinajstić information content (AvgIpc) is 3.55. The highest BCUT2D eigenvalue weighted by molar-refractivity contribution is 7.14. The van der Waals surface area contributed by atoms with E-state index in [2.05, 4.69) is 4.90 Å². The smallest absolute Gasteiger partial charge is 0.333 e. The van der Waals surface area contributed by atoms with Crippen molar-refractivity contribution in [3.05, 3.63) is 52.2 Å². The summed E-state index contributed by atoms with van der Waals surface area (Å²) >= 11 is 1.47. The van der Waals surface area contributed by atoms with E-state index in [1.54, 1.807) is 18.2 Å². The number of ether oxygens (including phenoxy) is 1. The summed E-state index contributed by atoms with van der Waals surface area (Å²) in [5.41, 5.74) is 1.52. The highest BCUT2D eigenvalue weighted by atomic mass is 32.1.